The third kappa shape index (κ3) is 38.1. The maximum Gasteiger partial charge on any atom is 0.306 e. The molecule has 1 unspecified atom stereocenters. The second-order valence-electron chi connectivity index (χ2n) is 15.9. The molecule has 0 aliphatic heterocycles. The third-order valence-corrected chi connectivity index (χ3v) is 10.7. The second-order valence-corrected chi connectivity index (χ2v) is 15.9. The highest BCUT2D eigenvalue weighted by Crippen LogP contribution is 2.17. The molecule has 0 rings (SSSR count). The van der Waals surface area contributed by atoms with Crippen molar-refractivity contribution < 1.29 is 28.6 Å². The van der Waals surface area contributed by atoms with Gasteiger partial charge in [-0.3, -0.25) is 14.4 Å². The van der Waals surface area contributed by atoms with Gasteiger partial charge in [-0.05, 0) is 25.2 Å². The summed E-state index contributed by atoms with van der Waals surface area (Å²) >= 11 is 0. The highest BCUT2D eigenvalue weighted by molar-refractivity contribution is 5.71. The van der Waals surface area contributed by atoms with Gasteiger partial charge in [0.1, 0.15) is 13.2 Å². The van der Waals surface area contributed by atoms with E-state index < -0.39 is 6.10 Å². The Morgan fingerprint density at radius 2 is 0.673 bits per heavy atom. The lowest BCUT2D eigenvalue weighted by Gasteiger charge is -2.18. The van der Waals surface area contributed by atoms with Gasteiger partial charge in [0.05, 0.1) is 0 Å². The van der Waals surface area contributed by atoms with E-state index in [1.54, 1.807) is 0 Å². The molecule has 0 saturated heterocycles. The van der Waals surface area contributed by atoms with Crippen LogP contribution in [0.15, 0.2) is 0 Å². The van der Waals surface area contributed by atoms with E-state index in [1.165, 1.54) is 148 Å². The van der Waals surface area contributed by atoms with E-state index >= 15 is 0 Å². The summed E-state index contributed by atoms with van der Waals surface area (Å²) in [6.07, 6.45) is 39.4. The molecule has 0 heterocycles. The highest BCUT2D eigenvalue weighted by Gasteiger charge is 2.19. The summed E-state index contributed by atoms with van der Waals surface area (Å²) in [5, 5.41) is 0. The van der Waals surface area contributed by atoms with Gasteiger partial charge in [-0.1, -0.05) is 214 Å². The van der Waals surface area contributed by atoms with Gasteiger partial charge in [-0.2, -0.15) is 0 Å². The number of esters is 3. The molecule has 0 saturated carbocycles. The zero-order valence-electron chi connectivity index (χ0n) is 35.3. The van der Waals surface area contributed by atoms with Crippen LogP contribution >= 0.6 is 0 Å². The Bertz CT molecular complexity index is 783. The van der Waals surface area contributed by atoms with Crippen LogP contribution in [-0.4, -0.2) is 37.2 Å². The fourth-order valence-electron chi connectivity index (χ4n) is 6.77. The van der Waals surface area contributed by atoms with E-state index in [-0.39, 0.29) is 31.1 Å². The first kappa shape index (κ1) is 50.4. The highest BCUT2D eigenvalue weighted by atomic mass is 16.6. The molecule has 0 aromatic heterocycles. The van der Waals surface area contributed by atoms with E-state index in [0.717, 1.165) is 63.7 Å². The van der Waals surface area contributed by atoms with Crippen LogP contribution in [0.3, 0.4) is 0 Å². The Hall–Kier alpha value is -1.59. The van der Waals surface area contributed by atoms with E-state index in [1.807, 2.05) is 0 Å². The molecular weight excluding hydrogens is 648 g/mol. The molecule has 0 aromatic carbocycles. The summed E-state index contributed by atoms with van der Waals surface area (Å²) in [6.45, 7) is 8.98. The predicted molar refractivity (Wildman–Crippen MR) is 220 cm³/mol. The lowest BCUT2D eigenvalue weighted by Crippen LogP contribution is -2.30. The van der Waals surface area contributed by atoms with Crippen LogP contribution in [0.25, 0.3) is 0 Å². The summed E-state index contributed by atoms with van der Waals surface area (Å²) in [4.78, 5) is 37.6. The Balaban J connectivity index is 4.27. The van der Waals surface area contributed by atoms with Gasteiger partial charge in [-0.15, -0.1) is 0 Å². The number of rotatable bonds is 41. The largest absolute Gasteiger partial charge is 0.462 e. The Morgan fingerprint density at radius 1 is 0.385 bits per heavy atom. The SMILES string of the molecule is CCCCCCCCCCCCCCCC(=O)OC[C@H](COC(=O)CCCCCCCCC)OC(=O)CCCCCCCCCCCCC(C)CC. The maximum atomic E-state index is 12.7. The fourth-order valence-corrected chi connectivity index (χ4v) is 6.77. The first-order valence-corrected chi connectivity index (χ1v) is 22.9. The summed E-state index contributed by atoms with van der Waals surface area (Å²) in [7, 11) is 0. The normalized spacial score (nSPS) is 12.5. The Kier molecular flexibility index (Phi) is 39.4. The minimum absolute atomic E-state index is 0.0641. The van der Waals surface area contributed by atoms with Crippen molar-refractivity contribution >= 4 is 17.9 Å². The first-order valence-electron chi connectivity index (χ1n) is 22.9. The minimum Gasteiger partial charge on any atom is -0.462 e. The number of carbonyl (C=O) groups excluding carboxylic acids is 3. The smallest absolute Gasteiger partial charge is 0.306 e. The molecule has 2 atom stereocenters. The molecule has 0 aromatic rings. The number of hydrogen-bond donors (Lipinski definition) is 0. The van der Waals surface area contributed by atoms with Crippen molar-refractivity contribution in [1.29, 1.82) is 0 Å². The molecule has 0 bridgehead atoms. The molecule has 6 nitrogen and oxygen atoms in total. The monoisotopic (exact) mass is 737 g/mol. The van der Waals surface area contributed by atoms with Crippen molar-refractivity contribution in [3.05, 3.63) is 0 Å². The van der Waals surface area contributed by atoms with Crippen LogP contribution in [-0.2, 0) is 28.6 Å². The lowest BCUT2D eigenvalue weighted by atomic mass is 9.99. The van der Waals surface area contributed by atoms with E-state index in [2.05, 4.69) is 27.7 Å². The number of unbranched alkanes of at least 4 members (excludes halogenated alkanes) is 27. The quantitative estimate of drug-likeness (QED) is 0.0353. The van der Waals surface area contributed by atoms with Crippen LogP contribution in [0.4, 0.5) is 0 Å². The minimum atomic E-state index is -0.758. The standard InChI is InChI=1S/C46H88O6/c1-5-8-10-12-14-15-16-17-18-22-26-30-34-38-45(48)51-41-43(40-50-44(47)37-33-29-24-13-11-9-6-2)52-46(49)39-35-31-27-23-20-19-21-25-28-32-36-42(4)7-3/h42-43H,5-41H2,1-4H3/t42?,43-/m0/s1. The predicted octanol–water partition coefficient (Wildman–Crippen LogP) is 14.3. The van der Waals surface area contributed by atoms with Crippen LogP contribution < -0.4 is 0 Å². The van der Waals surface area contributed by atoms with Gasteiger partial charge in [0.2, 0.25) is 0 Å². The fraction of sp³-hybridized carbons (Fsp3) is 0.935. The van der Waals surface area contributed by atoms with Gasteiger partial charge in [-0.25, -0.2) is 0 Å². The summed E-state index contributed by atoms with van der Waals surface area (Å²) in [6, 6.07) is 0. The average Bonchev–Trinajstić information content (AvgIpc) is 3.14. The molecule has 52 heavy (non-hydrogen) atoms. The zero-order valence-corrected chi connectivity index (χ0v) is 35.3. The van der Waals surface area contributed by atoms with Crippen molar-refractivity contribution in [2.45, 2.75) is 259 Å². The molecule has 0 N–H and O–H groups in total. The molecule has 0 aliphatic carbocycles. The van der Waals surface area contributed by atoms with Gasteiger partial charge in [0, 0.05) is 19.3 Å². The third-order valence-electron chi connectivity index (χ3n) is 10.7. The molecule has 0 spiro atoms. The number of carbonyl (C=O) groups is 3. The first-order chi connectivity index (χ1) is 25.4. The molecule has 0 radical (unpaired) electrons. The van der Waals surface area contributed by atoms with Crippen molar-refractivity contribution in [2.75, 3.05) is 13.2 Å². The zero-order chi connectivity index (χ0) is 38.2. The summed E-state index contributed by atoms with van der Waals surface area (Å²) < 4.78 is 16.7. The summed E-state index contributed by atoms with van der Waals surface area (Å²) in [5.74, 6) is 0.00751. The summed E-state index contributed by atoms with van der Waals surface area (Å²) in [5.41, 5.74) is 0. The second kappa shape index (κ2) is 40.6. The molecule has 308 valence electrons. The Labute approximate surface area is 323 Å². The van der Waals surface area contributed by atoms with E-state index in [9.17, 15) is 14.4 Å². The van der Waals surface area contributed by atoms with Gasteiger partial charge in [0.25, 0.3) is 0 Å². The van der Waals surface area contributed by atoms with Crippen molar-refractivity contribution in [2.24, 2.45) is 5.92 Å². The topological polar surface area (TPSA) is 78.9 Å². The van der Waals surface area contributed by atoms with Gasteiger partial charge >= 0.3 is 17.9 Å². The van der Waals surface area contributed by atoms with Crippen LogP contribution in [0.2, 0.25) is 0 Å². The van der Waals surface area contributed by atoms with E-state index in [4.69, 9.17) is 14.2 Å². The van der Waals surface area contributed by atoms with Crippen LogP contribution in [0.5, 0.6) is 0 Å². The van der Waals surface area contributed by atoms with Crippen molar-refractivity contribution in [3.8, 4) is 0 Å². The molecule has 0 aliphatic rings. The molecule has 6 heteroatoms. The van der Waals surface area contributed by atoms with Crippen LogP contribution in [0.1, 0.15) is 252 Å². The molecular formula is C46H88O6. The van der Waals surface area contributed by atoms with E-state index in [0.29, 0.717) is 19.3 Å². The maximum absolute atomic E-state index is 12.7. The number of hydrogen-bond acceptors (Lipinski definition) is 6. The van der Waals surface area contributed by atoms with Gasteiger partial charge in [0.15, 0.2) is 6.10 Å². The van der Waals surface area contributed by atoms with Crippen LogP contribution in [0, 0.1) is 5.92 Å². The number of ether oxygens (including phenoxy) is 3. The van der Waals surface area contributed by atoms with Crippen molar-refractivity contribution in [3.63, 3.8) is 0 Å². The molecule has 0 amide bonds. The average molecular weight is 737 g/mol. The van der Waals surface area contributed by atoms with Gasteiger partial charge < -0.3 is 14.2 Å². The Morgan fingerprint density at radius 3 is 1.00 bits per heavy atom. The lowest BCUT2D eigenvalue weighted by molar-refractivity contribution is -0.167. The van der Waals surface area contributed by atoms with Crippen molar-refractivity contribution in [1.82, 2.24) is 0 Å². The molecule has 0 fully saturated rings.